The molecule has 0 saturated carbocycles. The summed E-state index contributed by atoms with van der Waals surface area (Å²) in [5, 5.41) is 0. The fourth-order valence-corrected chi connectivity index (χ4v) is 3.26. The molecule has 0 N–H and O–H groups in total. The molecule has 22 heavy (non-hydrogen) atoms. The zero-order valence-corrected chi connectivity index (χ0v) is 17.8. The highest BCUT2D eigenvalue weighted by atomic mass is 28.3. The second-order valence-corrected chi connectivity index (χ2v) is 12.2. The Labute approximate surface area is 140 Å². The molecule has 0 radical (unpaired) electrons. The molecule has 2 heteroatoms. The van der Waals surface area contributed by atoms with Crippen molar-refractivity contribution in [3.05, 3.63) is 28.8 Å². The van der Waals surface area contributed by atoms with Gasteiger partial charge in [-0.05, 0) is 46.0 Å². The molecule has 1 aromatic carbocycles. The maximum Gasteiger partial charge on any atom is 0.229 e. The lowest BCUT2D eigenvalue weighted by atomic mass is 9.75. The molecule has 0 heterocycles. The van der Waals surface area contributed by atoms with E-state index in [1.54, 1.807) is 0 Å². The van der Waals surface area contributed by atoms with E-state index in [0.717, 1.165) is 5.75 Å². The van der Waals surface area contributed by atoms with Gasteiger partial charge in [0.25, 0.3) is 0 Å². The molecule has 0 fully saturated rings. The minimum Gasteiger partial charge on any atom is -0.547 e. The number of hydrogen-bond donors (Lipinski definition) is 0. The number of benzene rings is 1. The summed E-state index contributed by atoms with van der Waals surface area (Å²) < 4.78 is 6.44. The molecule has 126 valence electrons. The van der Waals surface area contributed by atoms with E-state index in [9.17, 15) is 0 Å². The van der Waals surface area contributed by atoms with Crippen molar-refractivity contribution in [3.8, 4) is 5.75 Å². The fourth-order valence-electron chi connectivity index (χ4n) is 2.54. The van der Waals surface area contributed by atoms with Crippen LogP contribution in [0, 0.1) is 0 Å². The summed E-state index contributed by atoms with van der Waals surface area (Å²) in [6.45, 7) is 25.1. The first-order valence-corrected chi connectivity index (χ1v) is 11.3. The molecule has 0 saturated heterocycles. The maximum atomic E-state index is 6.44. The predicted octanol–water partition coefficient (Wildman–Crippen LogP) is 5.94. The van der Waals surface area contributed by atoms with Crippen LogP contribution in [-0.2, 0) is 16.2 Å². The third-order valence-corrected chi connectivity index (χ3v) is 4.63. The van der Waals surface area contributed by atoms with Gasteiger partial charge in [0, 0.05) is 0 Å². The van der Waals surface area contributed by atoms with Crippen LogP contribution in [0.25, 0.3) is 0 Å². The molecule has 0 bridgehead atoms. The van der Waals surface area contributed by atoms with Gasteiger partial charge in [0.05, 0.1) is 0 Å². The van der Waals surface area contributed by atoms with E-state index in [1.165, 1.54) is 16.7 Å². The van der Waals surface area contributed by atoms with Crippen LogP contribution in [0.3, 0.4) is 0 Å². The van der Waals surface area contributed by atoms with Crippen LogP contribution in [0.2, 0.25) is 13.1 Å². The summed E-state index contributed by atoms with van der Waals surface area (Å²) in [6.07, 6.45) is 0. The molecule has 0 aliphatic heterocycles. The average Bonchev–Trinajstić information content (AvgIpc) is 2.23. The molecule has 0 spiro atoms. The Hall–Kier alpha value is -0.763. The number of rotatable bonds is 2. The molecular weight excluding hydrogens is 284 g/mol. The average molecular weight is 321 g/mol. The molecule has 1 nitrogen and oxygen atoms in total. The first-order chi connectivity index (χ1) is 9.64. The van der Waals surface area contributed by atoms with Crippen molar-refractivity contribution in [1.82, 2.24) is 0 Å². The van der Waals surface area contributed by atoms with Gasteiger partial charge in [-0.2, -0.15) is 0 Å². The van der Waals surface area contributed by atoms with Crippen molar-refractivity contribution >= 4 is 9.04 Å². The SMILES string of the molecule is C[SiH](C)Oc1c(C(C)(C)C)cc(C(C)(C)C)cc1C(C)(C)C. The van der Waals surface area contributed by atoms with Gasteiger partial charge >= 0.3 is 0 Å². The van der Waals surface area contributed by atoms with Gasteiger partial charge in [-0.1, -0.05) is 74.4 Å². The van der Waals surface area contributed by atoms with Crippen molar-refractivity contribution in [3.63, 3.8) is 0 Å². The lowest BCUT2D eigenvalue weighted by molar-refractivity contribution is 0.481. The van der Waals surface area contributed by atoms with Gasteiger partial charge in [0.1, 0.15) is 5.75 Å². The minimum atomic E-state index is -1.15. The first-order valence-electron chi connectivity index (χ1n) is 8.50. The van der Waals surface area contributed by atoms with Crippen LogP contribution < -0.4 is 4.43 Å². The summed E-state index contributed by atoms with van der Waals surface area (Å²) in [4.78, 5) is 0. The van der Waals surface area contributed by atoms with Gasteiger partial charge in [0.2, 0.25) is 9.04 Å². The van der Waals surface area contributed by atoms with Crippen molar-refractivity contribution in [1.29, 1.82) is 0 Å². The molecule has 0 atom stereocenters. The van der Waals surface area contributed by atoms with Crippen LogP contribution in [0.15, 0.2) is 12.1 Å². The Bertz CT molecular complexity index is 487. The molecule has 0 unspecified atom stereocenters. The fraction of sp³-hybridized carbons (Fsp3) is 0.700. The van der Waals surface area contributed by atoms with Crippen LogP contribution in [-0.4, -0.2) is 9.04 Å². The summed E-state index contributed by atoms with van der Waals surface area (Å²) >= 11 is 0. The maximum absolute atomic E-state index is 6.44. The summed E-state index contributed by atoms with van der Waals surface area (Å²) in [7, 11) is -1.15. The second-order valence-electron chi connectivity index (χ2n) is 9.82. The van der Waals surface area contributed by atoms with E-state index in [0.29, 0.717) is 0 Å². The van der Waals surface area contributed by atoms with Crippen molar-refractivity contribution < 1.29 is 4.43 Å². The molecule has 1 rings (SSSR count). The molecule has 0 amide bonds. The summed E-state index contributed by atoms with van der Waals surface area (Å²) in [6, 6.07) is 4.75. The van der Waals surface area contributed by atoms with Crippen LogP contribution in [0.5, 0.6) is 5.75 Å². The van der Waals surface area contributed by atoms with Gasteiger partial charge in [-0.3, -0.25) is 0 Å². The van der Waals surface area contributed by atoms with Crippen molar-refractivity contribution in [2.75, 3.05) is 0 Å². The third kappa shape index (κ3) is 4.61. The third-order valence-electron chi connectivity index (χ3n) is 3.92. The highest BCUT2D eigenvalue weighted by Gasteiger charge is 2.30. The minimum absolute atomic E-state index is 0.0832. The van der Waals surface area contributed by atoms with Gasteiger partial charge < -0.3 is 4.43 Å². The number of hydrogen-bond acceptors (Lipinski definition) is 1. The molecule has 0 aliphatic carbocycles. The first kappa shape index (κ1) is 19.3. The Balaban J connectivity index is 3.78. The van der Waals surface area contributed by atoms with E-state index in [2.05, 4.69) is 87.5 Å². The smallest absolute Gasteiger partial charge is 0.229 e. The lowest BCUT2D eigenvalue weighted by Crippen LogP contribution is -2.25. The standard InChI is InChI=1S/C20H36OSi/c1-18(2,3)14-12-15(19(4,5)6)17(21-22(10)11)16(13-14)20(7,8)9/h12-13,22H,1-11H3. The Morgan fingerprint density at radius 3 is 1.27 bits per heavy atom. The van der Waals surface area contributed by atoms with Crippen LogP contribution in [0.1, 0.15) is 79.0 Å². The van der Waals surface area contributed by atoms with E-state index in [-0.39, 0.29) is 16.2 Å². The van der Waals surface area contributed by atoms with Crippen LogP contribution >= 0.6 is 0 Å². The topological polar surface area (TPSA) is 9.23 Å². The highest BCUT2D eigenvalue weighted by molar-refractivity contribution is 6.49. The Morgan fingerprint density at radius 2 is 1.05 bits per heavy atom. The van der Waals surface area contributed by atoms with E-state index in [4.69, 9.17) is 4.43 Å². The van der Waals surface area contributed by atoms with Gasteiger partial charge in [0.15, 0.2) is 0 Å². The molecule has 1 aromatic rings. The zero-order chi connectivity index (χ0) is 17.5. The Morgan fingerprint density at radius 1 is 0.682 bits per heavy atom. The normalized spacial score (nSPS) is 13.6. The summed E-state index contributed by atoms with van der Waals surface area (Å²) in [5.41, 5.74) is 4.42. The highest BCUT2D eigenvalue weighted by Crippen LogP contribution is 2.43. The van der Waals surface area contributed by atoms with E-state index < -0.39 is 9.04 Å². The van der Waals surface area contributed by atoms with Gasteiger partial charge in [-0.25, -0.2) is 0 Å². The van der Waals surface area contributed by atoms with E-state index in [1.807, 2.05) is 0 Å². The molecule has 0 aromatic heterocycles. The van der Waals surface area contributed by atoms with Gasteiger partial charge in [-0.15, -0.1) is 0 Å². The van der Waals surface area contributed by atoms with Crippen molar-refractivity contribution in [2.24, 2.45) is 0 Å². The Kier molecular flexibility index (Phi) is 5.29. The molecular formula is C20H36OSi. The molecule has 0 aliphatic rings. The monoisotopic (exact) mass is 320 g/mol. The predicted molar refractivity (Wildman–Crippen MR) is 102 cm³/mol. The largest absolute Gasteiger partial charge is 0.547 e. The zero-order valence-electron chi connectivity index (χ0n) is 16.6. The van der Waals surface area contributed by atoms with Crippen LogP contribution in [0.4, 0.5) is 0 Å². The summed E-state index contributed by atoms with van der Waals surface area (Å²) in [5.74, 6) is 1.15. The van der Waals surface area contributed by atoms with E-state index >= 15 is 0 Å². The second kappa shape index (κ2) is 6.03. The lowest BCUT2D eigenvalue weighted by Gasteiger charge is -2.34. The van der Waals surface area contributed by atoms with Crippen molar-refractivity contribution in [2.45, 2.75) is 91.7 Å². The quantitative estimate of drug-likeness (QED) is 0.613.